The van der Waals surface area contributed by atoms with Crippen LogP contribution in [0.4, 0.5) is 0 Å². The Morgan fingerprint density at radius 2 is 1.23 bits per heavy atom. The second kappa shape index (κ2) is 24.5. The van der Waals surface area contributed by atoms with E-state index in [0.717, 1.165) is 38.5 Å². The van der Waals surface area contributed by atoms with Crippen molar-refractivity contribution in [2.75, 3.05) is 6.54 Å². The molecule has 0 spiro atoms. The summed E-state index contributed by atoms with van der Waals surface area (Å²) in [5.74, 6) is -3.33. The van der Waals surface area contributed by atoms with E-state index >= 15 is 0 Å². The molecule has 0 radical (unpaired) electrons. The first-order valence-corrected chi connectivity index (χ1v) is 19.4. The molecule has 1 amide bonds. The van der Waals surface area contributed by atoms with Gasteiger partial charge in [0, 0.05) is 18.9 Å². The van der Waals surface area contributed by atoms with E-state index in [9.17, 15) is 35.1 Å². The number of ether oxygens (including phenoxy) is 1. The molecular weight excluding hydrogens is 658 g/mol. The highest BCUT2D eigenvalue weighted by Gasteiger charge is 2.48. The summed E-state index contributed by atoms with van der Waals surface area (Å²) in [6, 6.07) is -0.870. The molecule has 0 aliphatic carbocycles. The fourth-order valence-corrected chi connectivity index (χ4v) is 6.77. The van der Waals surface area contributed by atoms with Gasteiger partial charge in [0.25, 0.3) is 0 Å². The van der Waals surface area contributed by atoms with E-state index in [2.05, 4.69) is 67.7 Å². The maximum absolute atomic E-state index is 13.7. The molecule has 0 aromatic carbocycles. The Hall–Kier alpha value is -2.82. The van der Waals surface area contributed by atoms with Crippen molar-refractivity contribution in [2.45, 2.75) is 161 Å². The first-order valence-electron chi connectivity index (χ1n) is 19.4. The largest absolute Gasteiger partial charge is 0.459 e. The molecule has 0 aromatic rings. The van der Waals surface area contributed by atoms with E-state index in [0.29, 0.717) is 6.42 Å². The summed E-state index contributed by atoms with van der Waals surface area (Å²) in [5.41, 5.74) is -3.57. The molecule has 0 saturated carbocycles. The van der Waals surface area contributed by atoms with Gasteiger partial charge in [0.1, 0.15) is 17.8 Å². The van der Waals surface area contributed by atoms with E-state index in [1.807, 2.05) is 19.1 Å². The summed E-state index contributed by atoms with van der Waals surface area (Å²) >= 11 is 0. The highest BCUT2D eigenvalue weighted by molar-refractivity contribution is 5.77. The van der Waals surface area contributed by atoms with Crippen LogP contribution in [0.5, 0.6) is 0 Å². The molecule has 9 heteroatoms. The number of nitrogens with zero attached hydrogens (tertiary/aromatic N) is 1. The van der Waals surface area contributed by atoms with Gasteiger partial charge in [-0.3, -0.25) is 9.59 Å². The molecule has 5 N–H and O–H groups in total. The van der Waals surface area contributed by atoms with Gasteiger partial charge in [-0.25, -0.2) is 0 Å². The van der Waals surface area contributed by atoms with Gasteiger partial charge in [-0.15, -0.1) is 0 Å². The molecule has 1 heterocycles. The van der Waals surface area contributed by atoms with Crippen LogP contribution >= 0.6 is 0 Å². The Kier molecular flexibility index (Phi) is 22.2. The normalized spacial score (nSPS) is 33.6. The predicted molar refractivity (Wildman–Crippen MR) is 210 cm³/mol. The summed E-state index contributed by atoms with van der Waals surface area (Å²) in [6.45, 7) is 13.4. The highest BCUT2D eigenvalue weighted by Crippen LogP contribution is 2.33. The van der Waals surface area contributed by atoms with Gasteiger partial charge >= 0.3 is 5.97 Å². The fourth-order valence-electron chi connectivity index (χ4n) is 6.77. The Morgan fingerprint density at radius 3 is 1.69 bits per heavy atom. The summed E-state index contributed by atoms with van der Waals surface area (Å²) in [5, 5.41) is 56.4. The lowest BCUT2D eigenvalue weighted by atomic mass is 9.78. The minimum Gasteiger partial charge on any atom is -0.459 e. The number of esters is 1. The molecule has 0 aromatic heterocycles. The Morgan fingerprint density at radius 1 is 0.769 bits per heavy atom. The van der Waals surface area contributed by atoms with Gasteiger partial charge in [-0.05, 0) is 91.4 Å². The molecule has 296 valence electrons. The molecule has 1 fully saturated rings. The van der Waals surface area contributed by atoms with E-state index in [-0.39, 0.29) is 37.6 Å². The van der Waals surface area contributed by atoms with Crippen LogP contribution in [0.3, 0.4) is 0 Å². The number of hydrogen-bond acceptors (Lipinski definition) is 8. The van der Waals surface area contributed by atoms with Crippen LogP contribution in [0, 0.1) is 17.8 Å². The van der Waals surface area contributed by atoms with Crippen LogP contribution in [0.25, 0.3) is 0 Å². The van der Waals surface area contributed by atoms with Crippen LogP contribution in [0.2, 0.25) is 0 Å². The minimum absolute atomic E-state index is 0.0811. The zero-order chi connectivity index (χ0) is 39.3. The number of aliphatic hydroxyl groups excluding tert-OH is 3. The maximum Gasteiger partial charge on any atom is 0.311 e. The molecule has 10 atom stereocenters. The molecule has 52 heavy (non-hydrogen) atoms. The number of aliphatic hydroxyl groups is 5. The molecule has 9 nitrogen and oxygen atoms in total. The molecule has 1 aliphatic heterocycles. The Bertz CT molecular complexity index is 1220. The maximum atomic E-state index is 13.7. The third-order valence-electron chi connectivity index (χ3n) is 10.1. The van der Waals surface area contributed by atoms with Crippen LogP contribution in [0.1, 0.15) is 120 Å². The smallest absolute Gasteiger partial charge is 0.311 e. The SMILES string of the molecule is CC/C=C\C/C=C\C/C=C\C/C=C\C/C=C\C/C=C\CCC(=O)N1C[C@H](C)C[C@@](C)(O)[C@H](O)[C@@H](C)[C@H](O)[C@@H](C)C(=O)O[C@H](CC)[C@@](C)(O)[C@H](O)[C@H]1C. The summed E-state index contributed by atoms with van der Waals surface area (Å²) in [4.78, 5) is 28.3. The third-order valence-corrected chi connectivity index (χ3v) is 10.1. The van der Waals surface area contributed by atoms with Gasteiger partial charge in [0.15, 0.2) is 0 Å². The van der Waals surface area contributed by atoms with Crippen LogP contribution in [-0.2, 0) is 14.3 Å². The topological polar surface area (TPSA) is 148 Å². The van der Waals surface area contributed by atoms with Crippen molar-refractivity contribution >= 4 is 11.9 Å². The number of amides is 1. The number of carbonyl (C=O) groups excluding carboxylic acids is 2. The highest BCUT2D eigenvalue weighted by atomic mass is 16.6. The first-order chi connectivity index (χ1) is 24.5. The van der Waals surface area contributed by atoms with E-state index < -0.39 is 59.5 Å². The molecule has 1 aliphatic rings. The monoisotopic (exact) mass is 730 g/mol. The minimum atomic E-state index is -1.92. The average Bonchev–Trinajstić information content (AvgIpc) is 3.10. The number of hydrogen-bond donors (Lipinski definition) is 5. The van der Waals surface area contributed by atoms with Crippen LogP contribution < -0.4 is 0 Å². The number of rotatable bonds is 15. The van der Waals surface area contributed by atoms with Gasteiger partial charge < -0.3 is 35.2 Å². The number of allylic oxidation sites excluding steroid dienone is 12. The van der Waals surface area contributed by atoms with Crippen LogP contribution in [0.15, 0.2) is 72.9 Å². The standard InChI is InChI=1S/C43H71NO8/c1-9-11-12-13-14-15-16-17-18-19-20-21-22-23-24-25-26-27-28-29-37(45)44-31-32(3)30-42(7,50)39(47)33(4)38(46)34(5)41(49)52-36(10-2)43(8,51)40(48)35(44)6/h11-12,14-15,17-18,20-21,23-24,26-27,32-36,38-40,46-48,50-51H,9-10,13,16,19,22,25,28-31H2,1-8H3/b12-11-,15-14-,18-17-,21-20-,24-23-,27-26-/t32-,33+,34-,35-,36-,38+,39-,40-,42-,43-/m1/s1. The van der Waals surface area contributed by atoms with Gasteiger partial charge in [-0.2, -0.15) is 0 Å². The average molecular weight is 730 g/mol. The molecular formula is C43H71NO8. The van der Waals surface area contributed by atoms with Crippen LogP contribution in [-0.4, -0.2) is 90.5 Å². The number of cyclic esters (lactones) is 1. The third kappa shape index (κ3) is 16.0. The van der Waals surface area contributed by atoms with Gasteiger partial charge in [0.05, 0.1) is 29.8 Å². The van der Waals surface area contributed by atoms with Crippen molar-refractivity contribution in [3.63, 3.8) is 0 Å². The van der Waals surface area contributed by atoms with Crippen molar-refractivity contribution in [1.29, 1.82) is 0 Å². The molecule has 0 bridgehead atoms. The zero-order valence-electron chi connectivity index (χ0n) is 33.2. The Balaban J connectivity index is 2.89. The Labute approximate surface area is 314 Å². The van der Waals surface area contributed by atoms with E-state index in [1.165, 1.54) is 25.7 Å². The van der Waals surface area contributed by atoms with Crippen molar-refractivity contribution in [2.24, 2.45) is 17.8 Å². The molecule has 1 rings (SSSR count). The van der Waals surface area contributed by atoms with E-state index in [1.54, 1.807) is 20.8 Å². The van der Waals surface area contributed by atoms with Crippen molar-refractivity contribution in [1.82, 2.24) is 4.90 Å². The quantitative estimate of drug-likeness (QED) is 0.0904. The van der Waals surface area contributed by atoms with Crippen molar-refractivity contribution in [3.05, 3.63) is 72.9 Å². The lowest BCUT2D eigenvalue weighted by molar-refractivity contribution is -0.194. The lowest BCUT2D eigenvalue weighted by Crippen LogP contribution is -2.60. The number of carbonyl (C=O) groups is 2. The van der Waals surface area contributed by atoms with E-state index in [4.69, 9.17) is 4.74 Å². The van der Waals surface area contributed by atoms with Gasteiger partial charge in [-0.1, -0.05) is 101 Å². The summed E-state index contributed by atoms with van der Waals surface area (Å²) in [7, 11) is 0. The summed E-state index contributed by atoms with van der Waals surface area (Å²) < 4.78 is 5.64. The predicted octanol–water partition coefficient (Wildman–Crippen LogP) is 6.90. The first kappa shape index (κ1) is 47.2. The lowest BCUT2D eigenvalue weighted by Gasteiger charge is -2.43. The molecule has 1 saturated heterocycles. The fraction of sp³-hybridized carbons (Fsp3) is 0.674. The summed E-state index contributed by atoms with van der Waals surface area (Å²) in [6.07, 6.45) is 26.6. The second-order valence-corrected chi connectivity index (χ2v) is 15.0. The van der Waals surface area contributed by atoms with Gasteiger partial charge in [0.2, 0.25) is 5.91 Å². The molecule has 0 unspecified atom stereocenters. The van der Waals surface area contributed by atoms with Crippen molar-refractivity contribution < 1.29 is 39.9 Å². The van der Waals surface area contributed by atoms with Crippen molar-refractivity contribution in [3.8, 4) is 0 Å². The second-order valence-electron chi connectivity index (χ2n) is 15.0. The zero-order valence-corrected chi connectivity index (χ0v) is 33.2.